The molecule has 2 saturated heterocycles. The predicted octanol–water partition coefficient (Wildman–Crippen LogP) is 3.72. The molecule has 1 saturated carbocycles. The summed E-state index contributed by atoms with van der Waals surface area (Å²) >= 11 is 0. The van der Waals surface area contributed by atoms with Crippen molar-refractivity contribution in [2.75, 3.05) is 41.7 Å². The minimum absolute atomic E-state index is 0.180. The van der Waals surface area contributed by atoms with Crippen molar-refractivity contribution in [3.05, 3.63) is 64.8 Å². The van der Waals surface area contributed by atoms with Crippen molar-refractivity contribution in [3.63, 3.8) is 0 Å². The lowest BCUT2D eigenvalue weighted by molar-refractivity contribution is 0.102. The van der Waals surface area contributed by atoms with Crippen molar-refractivity contribution in [1.29, 1.82) is 0 Å². The van der Waals surface area contributed by atoms with Gasteiger partial charge in [-0.15, -0.1) is 0 Å². The van der Waals surface area contributed by atoms with E-state index < -0.39 is 0 Å². The molecule has 1 aliphatic carbocycles. The Labute approximate surface area is 216 Å². The Morgan fingerprint density at radius 1 is 1.03 bits per heavy atom. The Morgan fingerprint density at radius 3 is 2.62 bits per heavy atom. The highest BCUT2D eigenvalue weighted by Crippen LogP contribution is 2.28. The zero-order valence-electron chi connectivity index (χ0n) is 20.9. The minimum atomic E-state index is -0.365. The van der Waals surface area contributed by atoms with E-state index in [0.717, 1.165) is 31.6 Å². The van der Waals surface area contributed by atoms with Crippen LogP contribution < -0.4 is 21.1 Å². The van der Waals surface area contributed by atoms with Gasteiger partial charge in [-0.25, -0.2) is 4.98 Å². The second kappa shape index (κ2) is 10.3. The second-order valence-corrected chi connectivity index (χ2v) is 10.3. The molecule has 2 aromatic heterocycles. The Morgan fingerprint density at radius 2 is 1.84 bits per heavy atom. The maximum Gasteiger partial charge on any atom is 0.271 e. The molecule has 3 N–H and O–H groups in total. The van der Waals surface area contributed by atoms with Crippen molar-refractivity contribution in [2.24, 2.45) is 0 Å². The molecule has 9 nitrogen and oxygen atoms in total. The molecule has 6 rings (SSSR count). The summed E-state index contributed by atoms with van der Waals surface area (Å²) in [5.74, 6) is 0.386. The van der Waals surface area contributed by atoms with Gasteiger partial charge in [-0.3, -0.25) is 14.6 Å². The standard InChI is InChI=1S/C28H33N7O2/c36-27(19-5-9-22(10-6-19)35-13-3-4-23(35)18-34-11-1-2-12-34)33-24-14-20(15-30-28(24)37)25-16-29-17-26(32-25)31-21-7-8-21/h5-6,9-10,14-17,21,23H,1-4,7-8,11-13,18H2,(H,30,37)(H,31,32)(H,33,36). The van der Waals surface area contributed by atoms with E-state index in [0.29, 0.717) is 34.7 Å². The van der Waals surface area contributed by atoms with Crippen LogP contribution in [0.2, 0.25) is 0 Å². The van der Waals surface area contributed by atoms with Crippen molar-refractivity contribution in [1.82, 2.24) is 19.9 Å². The van der Waals surface area contributed by atoms with Gasteiger partial charge in [0.15, 0.2) is 0 Å². The zero-order valence-corrected chi connectivity index (χ0v) is 20.9. The van der Waals surface area contributed by atoms with E-state index in [2.05, 4.69) is 35.4 Å². The topological polar surface area (TPSA) is 106 Å². The van der Waals surface area contributed by atoms with Crippen LogP contribution >= 0.6 is 0 Å². The molecule has 1 unspecified atom stereocenters. The van der Waals surface area contributed by atoms with E-state index in [9.17, 15) is 9.59 Å². The number of benzene rings is 1. The number of anilines is 3. The third-order valence-electron chi connectivity index (χ3n) is 7.52. The molecular weight excluding hydrogens is 466 g/mol. The van der Waals surface area contributed by atoms with Crippen LogP contribution in [0, 0.1) is 0 Å². The Hall–Kier alpha value is -3.72. The molecule has 9 heteroatoms. The summed E-state index contributed by atoms with van der Waals surface area (Å²) in [6.07, 6.45) is 12.2. The molecule has 3 aromatic rings. The van der Waals surface area contributed by atoms with Crippen LogP contribution in [-0.2, 0) is 0 Å². The molecule has 3 aliphatic rings. The van der Waals surface area contributed by atoms with Crippen LogP contribution in [0.1, 0.15) is 48.9 Å². The summed E-state index contributed by atoms with van der Waals surface area (Å²) in [6.45, 7) is 4.58. The SMILES string of the molecule is O=C(Nc1cc(-c2cncc(NC3CC3)n2)c[nH]c1=O)c1ccc(N2CCCC2CN2CCCC2)cc1. The van der Waals surface area contributed by atoms with Gasteiger partial charge in [0.2, 0.25) is 0 Å². The molecular formula is C28H33N7O2. The lowest BCUT2D eigenvalue weighted by atomic mass is 10.1. The van der Waals surface area contributed by atoms with Crippen molar-refractivity contribution < 1.29 is 4.79 Å². The smallest absolute Gasteiger partial charge is 0.271 e. The average molecular weight is 500 g/mol. The molecule has 1 aromatic carbocycles. The number of hydrogen-bond donors (Lipinski definition) is 3. The largest absolute Gasteiger partial charge is 0.367 e. The first-order valence-electron chi connectivity index (χ1n) is 13.3. The van der Waals surface area contributed by atoms with Crippen molar-refractivity contribution >= 4 is 23.1 Å². The number of likely N-dealkylation sites (tertiary alicyclic amines) is 1. The molecule has 0 spiro atoms. The Bertz CT molecular complexity index is 1310. The fraction of sp³-hybridized carbons (Fsp3) is 0.429. The summed E-state index contributed by atoms with van der Waals surface area (Å²) < 4.78 is 0. The maximum absolute atomic E-state index is 13.0. The summed E-state index contributed by atoms with van der Waals surface area (Å²) in [6, 6.07) is 10.3. The monoisotopic (exact) mass is 499 g/mol. The Balaban J connectivity index is 1.14. The normalized spacial score (nSPS) is 19.8. The van der Waals surface area contributed by atoms with E-state index in [1.807, 2.05) is 24.3 Å². The van der Waals surface area contributed by atoms with Crippen LogP contribution in [0.15, 0.2) is 53.7 Å². The number of aromatic nitrogens is 3. The third kappa shape index (κ3) is 5.51. The van der Waals surface area contributed by atoms with E-state index >= 15 is 0 Å². The van der Waals surface area contributed by atoms with Gasteiger partial charge in [-0.05, 0) is 81.9 Å². The lowest BCUT2D eigenvalue weighted by Crippen LogP contribution is -2.39. The number of carbonyl (C=O) groups is 1. The molecule has 192 valence electrons. The van der Waals surface area contributed by atoms with Gasteiger partial charge >= 0.3 is 0 Å². The highest BCUT2D eigenvalue weighted by molar-refractivity contribution is 6.04. The second-order valence-electron chi connectivity index (χ2n) is 10.3. The summed E-state index contributed by atoms with van der Waals surface area (Å²) in [7, 11) is 0. The fourth-order valence-electron chi connectivity index (χ4n) is 5.36. The first-order valence-corrected chi connectivity index (χ1v) is 13.3. The number of carbonyl (C=O) groups excluding carboxylic acids is 1. The number of aromatic amines is 1. The fourth-order valence-corrected chi connectivity index (χ4v) is 5.36. The maximum atomic E-state index is 13.0. The minimum Gasteiger partial charge on any atom is -0.367 e. The number of nitrogens with zero attached hydrogens (tertiary/aromatic N) is 4. The predicted molar refractivity (Wildman–Crippen MR) is 145 cm³/mol. The zero-order chi connectivity index (χ0) is 25.2. The Kier molecular flexibility index (Phi) is 6.61. The lowest BCUT2D eigenvalue weighted by Gasteiger charge is -2.30. The molecule has 2 aliphatic heterocycles. The van der Waals surface area contributed by atoms with Crippen LogP contribution in [0.4, 0.5) is 17.2 Å². The van der Waals surface area contributed by atoms with Crippen molar-refractivity contribution in [2.45, 2.75) is 50.6 Å². The molecule has 0 bridgehead atoms. The highest BCUT2D eigenvalue weighted by Gasteiger charge is 2.28. The van der Waals surface area contributed by atoms with Crippen LogP contribution in [0.3, 0.4) is 0 Å². The molecule has 3 fully saturated rings. The summed E-state index contributed by atoms with van der Waals surface area (Å²) in [5, 5.41) is 6.10. The molecule has 1 amide bonds. The quantitative estimate of drug-likeness (QED) is 0.434. The van der Waals surface area contributed by atoms with Gasteiger partial charge in [-0.2, -0.15) is 0 Å². The van der Waals surface area contributed by atoms with E-state index in [-0.39, 0.29) is 17.2 Å². The van der Waals surface area contributed by atoms with Gasteiger partial charge in [-0.1, -0.05) is 0 Å². The number of amides is 1. The first kappa shape index (κ1) is 23.7. The number of H-pyrrole nitrogens is 1. The number of nitrogens with one attached hydrogen (secondary N) is 3. The van der Waals surface area contributed by atoms with Crippen LogP contribution in [0.25, 0.3) is 11.3 Å². The molecule has 4 heterocycles. The van der Waals surface area contributed by atoms with Gasteiger partial charge in [0.05, 0.1) is 18.1 Å². The summed E-state index contributed by atoms with van der Waals surface area (Å²) in [4.78, 5) is 42.1. The first-order chi connectivity index (χ1) is 18.1. The van der Waals surface area contributed by atoms with E-state index in [1.54, 1.807) is 24.7 Å². The number of rotatable bonds is 8. The number of pyridine rings is 1. The molecule has 37 heavy (non-hydrogen) atoms. The average Bonchev–Trinajstić information content (AvgIpc) is 3.36. The molecule has 0 radical (unpaired) electrons. The summed E-state index contributed by atoms with van der Waals surface area (Å²) in [5.41, 5.74) is 2.77. The molecule has 1 atom stereocenters. The van der Waals surface area contributed by atoms with Gasteiger partial charge < -0.3 is 25.4 Å². The van der Waals surface area contributed by atoms with E-state index in [1.165, 1.54) is 38.8 Å². The van der Waals surface area contributed by atoms with Gasteiger partial charge in [0.25, 0.3) is 11.5 Å². The third-order valence-corrected chi connectivity index (χ3v) is 7.52. The van der Waals surface area contributed by atoms with Gasteiger partial charge in [0.1, 0.15) is 11.5 Å². The highest BCUT2D eigenvalue weighted by atomic mass is 16.2. The van der Waals surface area contributed by atoms with Gasteiger partial charge in [0, 0.05) is 48.2 Å². The van der Waals surface area contributed by atoms with Crippen LogP contribution in [-0.4, -0.2) is 64.0 Å². The number of hydrogen-bond acceptors (Lipinski definition) is 7. The van der Waals surface area contributed by atoms with Crippen LogP contribution in [0.5, 0.6) is 0 Å². The van der Waals surface area contributed by atoms with Crippen molar-refractivity contribution in [3.8, 4) is 11.3 Å². The van der Waals surface area contributed by atoms with E-state index in [4.69, 9.17) is 0 Å².